The Hall–Kier alpha value is -1.90. The van der Waals surface area contributed by atoms with Crippen LogP contribution in [0.3, 0.4) is 0 Å². The maximum atomic E-state index is 12.2. The fraction of sp³-hybridized carbons (Fsp3) is 0.833. The van der Waals surface area contributed by atoms with Gasteiger partial charge in [-0.3, -0.25) is 9.59 Å². The van der Waals surface area contributed by atoms with Crippen molar-refractivity contribution >= 4 is 11.9 Å². The molecule has 2 rings (SSSR count). The molecule has 9 heteroatoms. The summed E-state index contributed by atoms with van der Waals surface area (Å²) < 4.78 is 0. The molecule has 2 aliphatic heterocycles. The van der Waals surface area contributed by atoms with Crippen LogP contribution in [0, 0.1) is 0 Å². The first-order valence-corrected chi connectivity index (χ1v) is 6.87. The van der Waals surface area contributed by atoms with E-state index in [4.69, 9.17) is 10.8 Å². The van der Waals surface area contributed by atoms with Crippen molar-refractivity contribution in [2.45, 2.75) is 50.5 Å². The highest BCUT2D eigenvalue weighted by atomic mass is 16.4. The molecule has 9 nitrogen and oxygen atoms in total. The minimum absolute atomic E-state index is 0.0186. The number of rotatable bonds is 9. The maximum Gasteiger partial charge on any atom is 0.322 e. The summed E-state index contributed by atoms with van der Waals surface area (Å²) in [5.74, 6) is -1.27. The Bertz CT molecular complexity index is 491. The van der Waals surface area contributed by atoms with Crippen LogP contribution in [0.1, 0.15) is 33.1 Å². The van der Waals surface area contributed by atoms with Gasteiger partial charge in [0.15, 0.2) is 11.3 Å². The normalized spacial score (nSPS) is 20.9. The number of nitrogens with zero attached hydrogens (tertiary/aromatic N) is 5. The Morgan fingerprint density at radius 3 is 2.14 bits per heavy atom. The average molecular weight is 296 g/mol. The fourth-order valence-corrected chi connectivity index (χ4v) is 1.85. The summed E-state index contributed by atoms with van der Waals surface area (Å²) >= 11 is 0. The van der Waals surface area contributed by atoms with Gasteiger partial charge in [0, 0.05) is 32.4 Å². The highest BCUT2D eigenvalue weighted by Crippen LogP contribution is 2.33. The molecule has 0 aromatic heterocycles. The summed E-state index contributed by atoms with van der Waals surface area (Å²) in [5, 5.41) is 24.4. The van der Waals surface area contributed by atoms with Crippen molar-refractivity contribution in [1.82, 2.24) is 4.90 Å². The minimum Gasteiger partial charge on any atom is -0.480 e. The molecule has 1 amide bonds. The minimum atomic E-state index is -1.13. The van der Waals surface area contributed by atoms with Gasteiger partial charge in [-0.25, -0.2) is 0 Å². The van der Waals surface area contributed by atoms with Crippen molar-refractivity contribution in [3.8, 4) is 0 Å². The zero-order valence-electron chi connectivity index (χ0n) is 12.2. The smallest absolute Gasteiger partial charge is 0.322 e. The van der Waals surface area contributed by atoms with Gasteiger partial charge in [-0.05, 0) is 13.8 Å². The third-order valence-corrected chi connectivity index (χ3v) is 3.64. The SMILES string of the molecule is CC1(CCC(=O)N(CCC2(C)N=N2)C[C@H](N)C(=O)O)N=N1. The number of carbonyl (C=O) groups is 2. The largest absolute Gasteiger partial charge is 0.480 e. The Labute approximate surface area is 122 Å². The molecule has 0 unspecified atom stereocenters. The average Bonchev–Trinajstić information content (AvgIpc) is 3.32. The van der Waals surface area contributed by atoms with E-state index in [1.807, 2.05) is 13.8 Å². The predicted molar refractivity (Wildman–Crippen MR) is 72.6 cm³/mol. The molecule has 0 aromatic rings. The number of carboxylic acid groups (broad SMARTS) is 1. The fourth-order valence-electron chi connectivity index (χ4n) is 1.85. The maximum absolute atomic E-state index is 12.2. The monoisotopic (exact) mass is 296 g/mol. The summed E-state index contributed by atoms with van der Waals surface area (Å²) in [5.41, 5.74) is 4.65. The number of aliphatic carboxylic acids is 1. The van der Waals surface area contributed by atoms with E-state index in [2.05, 4.69) is 20.5 Å². The molecule has 1 atom stereocenters. The molecule has 0 aliphatic carbocycles. The lowest BCUT2D eigenvalue weighted by Gasteiger charge is -2.25. The van der Waals surface area contributed by atoms with Crippen LogP contribution in [-0.2, 0) is 9.59 Å². The van der Waals surface area contributed by atoms with Crippen LogP contribution < -0.4 is 5.73 Å². The van der Waals surface area contributed by atoms with Gasteiger partial charge in [-0.1, -0.05) is 0 Å². The lowest BCUT2D eigenvalue weighted by molar-refractivity contribution is -0.140. The van der Waals surface area contributed by atoms with E-state index in [-0.39, 0.29) is 18.9 Å². The topological polar surface area (TPSA) is 133 Å². The quantitative estimate of drug-likeness (QED) is 0.649. The molecule has 0 saturated heterocycles. The number of carboxylic acids is 1. The van der Waals surface area contributed by atoms with Crippen molar-refractivity contribution in [2.75, 3.05) is 13.1 Å². The van der Waals surface area contributed by atoms with Gasteiger partial charge in [-0.15, -0.1) is 0 Å². The first kappa shape index (κ1) is 15.5. The second-order valence-corrected chi connectivity index (χ2v) is 5.87. The molecule has 21 heavy (non-hydrogen) atoms. The van der Waals surface area contributed by atoms with Crippen LogP contribution in [0.4, 0.5) is 0 Å². The third kappa shape index (κ3) is 4.55. The second kappa shape index (κ2) is 5.47. The van der Waals surface area contributed by atoms with E-state index < -0.39 is 23.3 Å². The zero-order chi connectivity index (χ0) is 15.7. The van der Waals surface area contributed by atoms with Gasteiger partial charge in [0.1, 0.15) is 6.04 Å². The number of carbonyl (C=O) groups excluding carboxylic acids is 1. The van der Waals surface area contributed by atoms with Gasteiger partial charge in [0.2, 0.25) is 5.91 Å². The Balaban J connectivity index is 1.85. The third-order valence-electron chi connectivity index (χ3n) is 3.64. The summed E-state index contributed by atoms with van der Waals surface area (Å²) in [7, 11) is 0. The van der Waals surface area contributed by atoms with E-state index in [0.717, 1.165) is 0 Å². The Morgan fingerprint density at radius 1 is 1.14 bits per heavy atom. The second-order valence-electron chi connectivity index (χ2n) is 5.87. The van der Waals surface area contributed by atoms with E-state index in [0.29, 0.717) is 19.4 Å². The van der Waals surface area contributed by atoms with Crippen LogP contribution in [0.5, 0.6) is 0 Å². The van der Waals surface area contributed by atoms with Gasteiger partial charge < -0.3 is 15.7 Å². The molecule has 0 saturated carbocycles. The molecule has 2 heterocycles. The highest BCUT2D eigenvalue weighted by molar-refractivity contribution is 5.78. The van der Waals surface area contributed by atoms with Crippen LogP contribution >= 0.6 is 0 Å². The molecular weight excluding hydrogens is 276 g/mol. The predicted octanol–water partition coefficient (Wildman–Crippen LogP) is 0.761. The first-order chi connectivity index (χ1) is 9.73. The highest BCUT2D eigenvalue weighted by Gasteiger charge is 2.37. The summed E-state index contributed by atoms with van der Waals surface area (Å²) in [4.78, 5) is 24.6. The first-order valence-electron chi connectivity index (χ1n) is 6.87. The van der Waals surface area contributed by atoms with Gasteiger partial charge in [0.25, 0.3) is 0 Å². The van der Waals surface area contributed by atoms with E-state index in [1.54, 1.807) is 0 Å². The summed E-state index contributed by atoms with van der Waals surface area (Å²) in [6, 6.07) is -1.10. The molecule has 0 bridgehead atoms. The molecule has 2 aliphatic rings. The lowest BCUT2D eigenvalue weighted by atomic mass is 10.1. The zero-order valence-corrected chi connectivity index (χ0v) is 12.2. The summed E-state index contributed by atoms with van der Waals surface area (Å²) in [6.45, 7) is 4.07. The van der Waals surface area contributed by atoms with Gasteiger partial charge in [-0.2, -0.15) is 20.5 Å². The van der Waals surface area contributed by atoms with Crippen molar-refractivity contribution < 1.29 is 14.7 Å². The van der Waals surface area contributed by atoms with Gasteiger partial charge in [0.05, 0.1) is 0 Å². The molecule has 3 N–H and O–H groups in total. The number of hydrogen-bond acceptors (Lipinski definition) is 7. The number of amides is 1. The van der Waals surface area contributed by atoms with Crippen LogP contribution in [0.2, 0.25) is 0 Å². The molecule has 0 radical (unpaired) electrons. The van der Waals surface area contributed by atoms with Gasteiger partial charge >= 0.3 is 5.97 Å². The van der Waals surface area contributed by atoms with Crippen molar-refractivity contribution in [2.24, 2.45) is 26.2 Å². The molecule has 116 valence electrons. The van der Waals surface area contributed by atoms with Crippen molar-refractivity contribution in [3.05, 3.63) is 0 Å². The van der Waals surface area contributed by atoms with E-state index in [9.17, 15) is 9.59 Å². The van der Waals surface area contributed by atoms with Crippen molar-refractivity contribution in [3.63, 3.8) is 0 Å². The molecule has 0 fully saturated rings. The number of hydrogen-bond donors (Lipinski definition) is 2. The van der Waals surface area contributed by atoms with Crippen LogP contribution in [-0.4, -0.2) is 52.3 Å². The van der Waals surface area contributed by atoms with E-state index in [1.165, 1.54) is 4.90 Å². The Kier molecular flexibility index (Phi) is 4.04. The standard InChI is InChI=1S/C12H20N6O3/c1-11(14-15-11)4-3-9(19)18(7-8(13)10(20)21)6-5-12(2)16-17-12/h8H,3-7,13H2,1-2H3,(H,20,21)/t8-/m0/s1. The van der Waals surface area contributed by atoms with E-state index >= 15 is 0 Å². The van der Waals surface area contributed by atoms with Crippen LogP contribution in [0.25, 0.3) is 0 Å². The van der Waals surface area contributed by atoms with Crippen molar-refractivity contribution in [1.29, 1.82) is 0 Å². The lowest BCUT2D eigenvalue weighted by Crippen LogP contribution is -2.46. The molecule has 0 spiro atoms. The molecule has 0 aromatic carbocycles. The summed E-state index contributed by atoms with van der Waals surface area (Å²) in [6.07, 6.45) is 1.36. The van der Waals surface area contributed by atoms with Crippen LogP contribution in [0.15, 0.2) is 20.5 Å². The Morgan fingerprint density at radius 2 is 1.67 bits per heavy atom. The molecular formula is C12H20N6O3. The number of nitrogens with two attached hydrogens (primary N) is 1.